The van der Waals surface area contributed by atoms with Crippen LogP contribution in [0.15, 0.2) is 30.5 Å². The van der Waals surface area contributed by atoms with Gasteiger partial charge in [0.05, 0.1) is 11.7 Å². The normalized spacial score (nSPS) is 12.7. The molecule has 1 aromatic heterocycles. The smallest absolute Gasteiger partial charge is 0.0643 e. The summed E-state index contributed by atoms with van der Waals surface area (Å²) in [6.07, 6.45) is 2.57. The molecule has 96 valence electrons. The van der Waals surface area contributed by atoms with Crippen molar-refractivity contribution in [3.05, 3.63) is 51.8 Å². The van der Waals surface area contributed by atoms with Crippen molar-refractivity contribution in [1.82, 2.24) is 15.2 Å². The molecule has 0 aliphatic carbocycles. The maximum absolute atomic E-state index is 5.99. The third kappa shape index (κ3) is 3.23. The number of nitrogens with two attached hydrogens (primary N) is 1. The molecule has 2 aromatic rings. The maximum Gasteiger partial charge on any atom is 0.0643 e. The quantitative estimate of drug-likeness (QED) is 0.670. The van der Waals surface area contributed by atoms with Crippen LogP contribution in [-0.2, 0) is 13.5 Å². The van der Waals surface area contributed by atoms with Gasteiger partial charge in [-0.2, -0.15) is 5.10 Å². The Morgan fingerprint density at radius 1 is 1.33 bits per heavy atom. The Hall–Kier alpha value is -1.07. The summed E-state index contributed by atoms with van der Waals surface area (Å²) in [6, 6.07) is 7.27. The largest absolute Gasteiger partial charge is 0.276 e. The van der Waals surface area contributed by atoms with E-state index < -0.39 is 0 Å². The average molecular weight is 285 g/mol. The van der Waals surface area contributed by atoms with Crippen LogP contribution in [0, 0.1) is 0 Å². The second-order valence-electron chi connectivity index (χ2n) is 4.11. The van der Waals surface area contributed by atoms with Gasteiger partial charge in [-0.15, -0.1) is 0 Å². The first-order valence-electron chi connectivity index (χ1n) is 5.49. The molecule has 2 rings (SSSR count). The van der Waals surface area contributed by atoms with Crippen LogP contribution in [0.3, 0.4) is 0 Å². The Morgan fingerprint density at radius 3 is 2.50 bits per heavy atom. The zero-order valence-electron chi connectivity index (χ0n) is 9.90. The van der Waals surface area contributed by atoms with Crippen LogP contribution in [-0.4, -0.2) is 9.78 Å². The monoisotopic (exact) mass is 284 g/mol. The lowest BCUT2D eigenvalue weighted by Gasteiger charge is -2.15. The first-order valence-corrected chi connectivity index (χ1v) is 6.24. The molecule has 0 saturated heterocycles. The van der Waals surface area contributed by atoms with E-state index in [9.17, 15) is 0 Å². The standard InChI is InChI=1S/C12H14Cl2N4/c1-18-3-2-11(17-18)7-12(16-15)8-4-9(13)6-10(14)5-8/h2-6,12,16H,7,15H2,1H3. The highest BCUT2D eigenvalue weighted by molar-refractivity contribution is 6.34. The van der Waals surface area contributed by atoms with Crippen LogP contribution < -0.4 is 11.3 Å². The summed E-state index contributed by atoms with van der Waals surface area (Å²) in [6.45, 7) is 0. The number of benzene rings is 1. The molecule has 0 aliphatic rings. The van der Waals surface area contributed by atoms with Crippen LogP contribution in [0.4, 0.5) is 0 Å². The summed E-state index contributed by atoms with van der Waals surface area (Å²) in [5.74, 6) is 5.59. The lowest BCUT2D eigenvalue weighted by molar-refractivity contribution is 0.541. The van der Waals surface area contributed by atoms with Gasteiger partial charge in [-0.05, 0) is 29.8 Å². The molecule has 1 unspecified atom stereocenters. The first-order chi connectivity index (χ1) is 8.58. The molecule has 4 nitrogen and oxygen atoms in total. The minimum absolute atomic E-state index is 0.0731. The number of hydrogen-bond donors (Lipinski definition) is 2. The van der Waals surface area contributed by atoms with Crippen molar-refractivity contribution in [3.8, 4) is 0 Å². The molecule has 0 aliphatic heterocycles. The van der Waals surface area contributed by atoms with Crippen molar-refractivity contribution in [2.24, 2.45) is 12.9 Å². The number of hydrogen-bond acceptors (Lipinski definition) is 3. The van der Waals surface area contributed by atoms with Gasteiger partial charge in [0.2, 0.25) is 0 Å². The third-order valence-corrected chi connectivity index (χ3v) is 3.11. The molecule has 3 N–H and O–H groups in total. The van der Waals surface area contributed by atoms with Gasteiger partial charge < -0.3 is 0 Å². The van der Waals surface area contributed by atoms with Crippen molar-refractivity contribution in [2.75, 3.05) is 0 Å². The Bertz CT molecular complexity index is 518. The highest BCUT2D eigenvalue weighted by atomic mass is 35.5. The molecular formula is C12H14Cl2N4. The van der Waals surface area contributed by atoms with E-state index >= 15 is 0 Å². The summed E-state index contributed by atoms with van der Waals surface area (Å²) < 4.78 is 1.76. The van der Waals surface area contributed by atoms with Crippen molar-refractivity contribution < 1.29 is 0 Å². The topological polar surface area (TPSA) is 55.9 Å². The molecule has 18 heavy (non-hydrogen) atoms. The maximum atomic E-state index is 5.99. The number of aromatic nitrogens is 2. The van der Waals surface area contributed by atoms with E-state index in [2.05, 4.69) is 10.5 Å². The van der Waals surface area contributed by atoms with Crippen LogP contribution >= 0.6 is 23.2 Å². The number of hydrazine groups is 1. The van der Waals surface area contributed by atoms with Gasteiger partial charge in [-0.1, -0.05) is 23.2 Å². The van der Waals surface area contributed by atoms with E-state index in [1.165, 1.54) is 0 Å². The van der Waals surface area contributed by atoms with E-state index in [1.54, 1.807) is 10.7 Å². The fraction of sp³-hybridized carbons (Fsp3) is 0.250. The molecule has 6 heteroatoms. The molecular weight excluding hydrogens is 271 g/mol. The van der Waals surface area contributed by atoms with Gasteiger partial charge in [-0.3, -0.25) is 16.0 Å². The minimum atomic E-state index is -0.0731. The average Bonchev–Trinajstić information content (AvgIpc) is 2.70. The number of nitrogens with one attached hydrogen (secondary N) is 1. The summed E-state index contributed by atoms with van der Waals surface area (Å²) in [5.41, 5.74) is 4.66. The molecule has 1 aromatic carbocycles. The molecule has 0 amide bonds. The van der Waals surface area contributed by atoms with Crippen molar-refractivity contribution in [3.63, 3.8) is 0 Å². The number of halogens is 2. The Balaban J connectivity index is 2.22. The first kappa shape index (κ1) is 13.4. The van der Waals surface area contributed by atoms with E-state index in [4.69, 9.17) is 29.0 Å². The molecule has 0 radical (unpaired) electrons. The highest BCUT2D eigenvalue weighted by Crippen LogP contribution is 2.25. The van der Waals surface area contributed by atoms with E-state index in [-0.39, 0.29) is 6.04 Å². The summed E-state index contributed by atoms with van der Waals surface area (Å²) in [5, 5.41) is 5.52. The number of aryl methyl sites for hydroxylation is 1. The third-order valence-electron chi connectivity index (χ3n) is 2.67. The van der Waals surface area contributed by atoms with Gasteiger partial charge in [-0.25, -0.2) is 0 Å². The van der Waals surface area contributed by atoms with Crippen molar-refractivity contribution in [2.45, 2.75) is 12.5 Å². The molecule has 0 spiro atoms. The minimum Gasteiger partial charge on any atom is -0.276 e. The number of rotatable bonds is 4. The molecule has 0 saturated carbocycles. The lowest BCUT2D eigenvalue weighted by atomic mass is 10.0. The van der Waals surface area contributed by atoms with Gasteiger partial charge in [0, 0.05) is 29.7 Å². The zero-order chi connectivity index (χ0) is 13.1. The Morgan fingerprint density at radius 2 is 2.00 bits per heavy atom. The molecule has 0 fully saturated rings. The van der Waals surface area contributed by atoms with E-state index in [0.29, 0.717) is 16.5 Å². The van der Waals surface area contributed by atoms with Crippen LogP contribution in [0.1, 0.15) is 17.3 Å². The van der Waals surface area contributed by atoms with Crippen molar-refractivity contribution in [1.29, 1.82) is 0 Å². The van der Waals surface area contributed by atoms with Crippen LogP contribution in [0.2, 0.25) is 10.0 Å². The van der Waals surface area contributed by atoms with Gasteiger partial charge in [0.15, 0.2) is 0 Å². The van der Waals surface area contributed by atoms with Crippen molar-refractivity contribution >= 4 is 23.2 Å². The van der Waals surface area contributed by atoms with E-state index in [0.717, 1.165) is 11.3 Å². The number of nitrogens with zero attached hydrogens (tertiary/aromatic N) is 2. The molecule has 1 atom stereocenters. The fourth-order valence-corrected chi connectivity index (χ4v) is 2.37. The predicted molar refractivity (Wildman–Crippen MR) is 73.4 cm³/mol. The van der Waals surface area contributed by atoms with Crippen LogP contribution in [0.5, 0.6) is 0 Å². The SMILES string of the molecule is Cn1ccc(CC(NN)c2cc(Cl)cc(Cl)c2)n1. The lowest BCUT2D eigenvalue weighted by Crippen LogP contribution is -2.29. The summed E-state index contributed by atoms with van der Waals surface area (Å²) in [4.78, 5) is 0. The second-order valence-corrected chi connectivity index (χ2v) is 4.98. The fourth-order valence-electron chi connectivity index (χ4n) is 1.83. The van der Waals surface area contributed by atoms with Gasteiger partial charge in [0.25, 0.3) is 0 Å². The summed E-state index contributed by atoms with van der Waals surface area (Å²) >= 11 is 12.0. The van der Waals surface area contributed by atoms with Crippen LogP contribution in [0.25, 0.3) is 0 Å². The zero-order valence-corrected chi connectivity index (χ0v) is 11.4. The predicted octanol–water partition coefficient (Wildman–Crippen LogP) is 2.47. The Labute approximate surface area is 116 Å². The second kappa shape index (κ2) is 5.71. The van der Waals surface area contributed by atoms with E-state index in [1.807, 2.05) is 31.4 Å². The molecule has 0 bridgehead atoms. The van der Waals surface area contributed by atoms with Gasteiger partial charge >= 0.3 is 0 Å². The van der Waals surface area contributed by atoms with Gasteiger partial charge in [0.1, 0.15) is 0 Å². The summed E-state index contributed by atoms with van der Waals surface area (Å²) in [7, 11) is 1.88. The Kier molecular flexibility index (Phi) is 4.24. The molecule has 1 heterocycles. The highest BCUT2D eigenvalue weighted by Gasteiger charge is 2.13.